The van der Waals surface area contributed by atoms with E-state index in [2.05, 4.69) is 15.6 Å². The van der Waals surface area contributed by atoms with Gasteiger partial charge in [-0.2, -0.15) is 0 Å². The van der Waals surface area contributed by atoms with Crippen molar-refractivity contribution in [1.82, 2.24) is 5.32 Å². The van der Waals surface area contributed by atoms with Gasteiger partial charge < -0.3 is 10.1 Å². The smallest absolute Gasteiger partial charge is 0.409 e. The zero-order valence-corrected chi connectivity index (χ0v) is 15.7. The van der Waals surface area contributed by atoms with Gasteiger partial charge in [0.15, 0.2) is 0 Å². The van der Waals surface area contributed by atoms with E-state index in [4.69, 9.17) is 4.74 Å². The molecule has 0 saturated heterocycles. The van der Waals surface area contributed by atoms with Crippen molar-refractivity contribution in [3.05, 3.63) is 65.7 Å². The number of amides is 2. The molecule has 1 heterocycles. The summed E-state index contributed by atoms with van der Waals surface area (Å²) in [6.45, 7) is 6.17. The molecule has 0 bridgehead atoms. The number of alkyl carbamates (subject to hydrolysis) is 1. The highest BCUT2D eigenvalue weighted by atomic mass is 16.5. The van der Waals surface area contributed by atoms with Gasteiger partial charge in [0.1, 0.15) is 6.61 Å². The van der Waals surface area contributed by atoms with Gasteiger partial charge in [-0.1, -0.05) is 69.3 Å². The second kappa shape index (κ2) is 7.61. The number of nitrogens with one attached hydrogen (secondary N) is 2. The van der Waals surface area contributed by atoms with E-state index in [0.29, 0.717) is 5.69 Å². The SMILES string of the molecule is CC(C)(C)C1=N[C@@H](NC(=O)OCc2ccccc2)C(=O)Nc2ccccc21. The first-order valence-electron chi connectivity index (χ1n) is 8.80. The first-order valence-corrected chi connectivity index (χ1v) is 8.80. The van der Waals surface area contributed by atoms with Crippen LogP contribution in [0.4, 0.5) is 10.5 Å². The normalized spacial score (nSPS) is 16.5. The van der Waals surface area contributed by atoms with Crippen molar-refractivity contribution in [2.24, 2.45) is 10.4 Å². The lowest BCUT2D eigenvalue weighted by molar-refractivity contribution is -0.117. The Kier molecular flexibility index (Phi) is 5.26. The number of aliphatic imine (C=N–C) groups is 1. The van der Waals surface area contributed by atoms with Gasteiger partial charge in [-0.3, -0.25) is 15.1 Å². The Balaban J connectivity index is 1.78. The van der Waals surface area contributed by atoms with Crippen LogP contribution in [0.15, 0.2) is 59.6 Å². The molecule has 1 aliphatic heterocycles. The second-order valence-electron chi connectivity index (χ2n) is 7.37. The van der Waals surface area contributed by atoms with Crippen LogP contribution in [-0.2, 0) is 16.1 Å². The largest absolute Gasteiger partial charge is 0.445 e. The van der Waals surface area contributed by atoms with Crippen LogP contribution in [0.3, 0.4) is 0 Å². The molecule has 2 aromatic carbocycles. The molecule has 2 aromatic rings. The number of carbonyl (C=O) groups is 2. The summed E-state index contributed by atoms with van der Waals surface area (Å²) in [7, 11) is 0. The first kappa shape index (κ1) is 18.6. The number of hydrogen-bond donors (Lipinski definition) is 2. The zero-order chi connectivity index (χ0) is 19.4. The molecule has 1 aliphatic rings. The number of carbonyl (C=O) groups excluding carboxylic acids is 2. The van der Waals surface area contributed by atoms with E-state index in [0.717, 1.165) is 16.8 Å². The molecule has 3 rings (SSSR count). The van der Waals surface area contributed by atoms with Crippen molar-refractivity contribution in [2.45, 2.75) is 33.5 Å². The molecule has 0 fully saturated rings. The minimum atomic E-state index is -1.06. The van der Waals surface area contributed by atoms with E-state index in [-0.39, 0.29) is 12.0 Å². The molecule has 0 aromatic heterocycles. The Morgan fingerprint density at radius 3 is 2.48 bits per heavy atom. The summed E-state index contributed by atoms with van der Waals surface area (Å²) in [5, 5.41) is 5.39. The van der Waals surface area contributed by atoms with Gasteiger partial charge in [-0.25, -0.2) is 4.79 Å². The number of hydrogen-bond acceptors (Lipinski definition) is 4. The molecule has 27 heavy (non-hydrogen) atoms. The molecule has 0 saturated carbocycles. The van der Waals surface area contributed by atoms with Gasteiger partial charge in [0.2, 0.25) is 6.17 Å². The topological polar surface area (TPSA) is 79.8 Å². The maximum atomic E-state index is 12.6. The fourth-order valence-corrected chi connectivity index (χ4v) is 2.83. The fraction of sp³-hybridized carbons (Fsp3) is 0.286. The molecule has 140 valence electrons. The van der Waals surface area contributed by atoms with Crippen molar-refractivity contribution >= 4 is 23.4 Å². The van der Waals surface area contributed by atoms with E-state index in [1.807, 2.05) is 75.4 Å². The summed E-state index contributed by atoms with van der Waals surface area (Å²) in [5.74, 6) is -0.404. The molecule has 1 atom stereocenters. The summed E-state index contributed by atoms with van der Waals surface area (Å²) in [6, 6.07) is 16.8. The zero-order valence-electron chi connectivity index (χ0n) is 15.7. The number of nitrogens with zero attached hydrogens (tertiary/aromatic N) is 1. The first-order chi connectivity index (χ1) is 12.8. The van der Waals surface area contributed by atoms with Crippen molar-refractivity contribution < 1.29 is 14.3 Å². The van der Waals surface area contributed by atoms with Crippen LogP contribution in [0, 0.1) is 5.41 Å². The highest BCUT2D eigenvalue weighted by Gasteiger charge is 2.31. The highest BCUT2D eigenvalue weighted by molar-refractivity contribution is 6.14. The fourth-order valence-electron chi connectivity index (χ4n) is 2.83. The third-order valence-electron chi connectivity index (χ3n) is 4.12. The standard InChI is InChI=1S/C21H23N3O3/c1-21(2,3)17-15-11-7-8-12-16(15)22-19(25)18(23-17)24-20(26)27-13-14-9-5-4-6-10-14/h4-12,18H,13H2,1-3H3,(H,22,25)(H,24,26)/t18-/m0/s1. The summed E-state index contributed by atoms with van der Waals surface area (Å²) >= 11 is 0. The van der Waals surface area contributed by atoms with E-state index in [1.165, 1.54) is 0 Å². The van der Waals surface area contributed by atoms with Crippen molar-refractivity contribution in [1.29, 1.82) is 0 Å². The van der Waals surface area contributed by atoms with Crippen molar-refractivity contribution in [2.75, 3.05) is 5.32 Å². The van der Waals surface area contributed by atoms with E-state index >= 15 is 0 Å². The van der Waals surface area contributed by atoms with E-state index in [9.17, 15) is 9.59 Å². The van der Waals surface area contributed by atoms with Gasteiger partial charge in [0.05, 0.1) is 5.71 Å². The van der Waals surface area contributed by atoms with Crippen LogP contribution in [0.25, 0.3) is 0 Å². The van der Waals surface area contributed by atoms with Crippen LogP contribution < -0.4 is 10.6 Å². The Labute approximate surface area is 158 Å². The summed E-state index contributed by atoms with van der Waals surface area (Å²) in [4.78, 5) is 29.3. The Bertz CT molecular complexity index is 870. The lowest BCUT2D eigenvalue weighted by atomic mass is 9.85. The number of benzene rings is 2. The number of rotatable bonds is 3. The molecule has 6 nitrogen and oxygen atoms in total. The van der Waals surface area contributed by atoms with Crippen LogP contribution in [0.1, 0.15) is 31.9 Å². The molecule has 0 spiro atoms. The summed E-state index contributed by atoms with van der Waals surface area (Å²) in [5.41, 5.74) is 2.82. The third-order valence-corrected chi connectivity index (χ3v) is 4.12. The predicted octanol–water partition coefficient (Wildman–Crippen LogP) is 3.73. The van der Waals surface area contributed by atoms with Crippen LogP contribution in [-0.4, -0.2) is 23.9 Å². The number of fused-ring (bicyclic) bond motifs is 1. The molecular formula is C21H23N3O3. The second-order valence-corrected chi connectivity index (χ2v) is 7.37. The van der Waals surface area contributed by atoms with Gasteiger partial charge in [0, 0.05) is 16.7 Å². The number of benzodiazepines with no additional fused rings is 1. The van der Waals surface area contributed by atoms with Crippen LogP contribution >= 0.6 is 0 Å². The lowest BCUT2D eigenvalue weighted by Crippen LogP contribution is -2.43. The molecule has 6 heteroatoms. The van der Waals surface area contributed by atoms with Gasteiger partial charge in [0.25, 0.3) is 5.91 Å². The Morgan fingerprint density at radius 1 is 1.11 bits per heavy atom. The molecule has 0 aliphatic carbocycles. The quantitative estimate of drug-likeness (QED) is 0.870. The van der Waals surface area contributed by atoms with Crippen LogP contribution in [0.2, 0.25) is 0 Å². The Morgan fingerprint density at radius 2 is 1.78 bits per heavy atom. The molecule has 0 unspecified atom stereocenters. The third kappa shape index (κ3) is 4.53. The summed E-state index contributed by atoms with van der Waals surface area (Å²) in [6.07, 6.45) is -1.75. The van der Waals surface area contributed by atoms with Crippen molar-refractivity contribution in [3.8, 4) is 0 Å². The van der Waals surface area contributed by atoms with Gasteiger partial charge in [-0.15, -0.1) is 0 Å². The highest BCUT2D eigenvalue weighted by Crippen LogP contribution is 2.29. The molecule has 2 amide bonds. The van der Waals surface area contributed by atoms with E-state index < -0.39 is 18.2 Å². The van der Waals surface area contributed by atoms with Crippen LogP contribution in [0.5, 0.6) is 0 Å². The van der Waals surface area contributed by atoms with Gasteiger partial charge >= 0.3 is 6.09 Å². The van der Waals surface area contributed by atoms with Crippen molar-refractivity contribution in [3.63, 3.8) is 0 Å². The van der Waals surface area contributed by atoms with E-state index in [1.54, 1.807) is 0 Å². The average molecular weight is 365 g/mol. The maximum Gasteiger partial charge on any atom is 0.409 e. The van der Waals surface area contributed by atoms with Gasteiger partial charge in [-0.05, 0) is 11.6 Å². The molecule has 0 radical (unpaired) electrons. The summed E-state index contributed by atoms with van der Waals surface area (Å²) < 4.78 is 5.22. The number of ether oxygens (including phenoxy) is 1. The monoisotopic (exact) mass is 365 g/mol. The number of anilines is 1. The average Bonchev–Trinajstić information content (AvgIpc) is 2.77. The minimum absolute atomic E-state index is 0.122. The Hall–Kier alpha value is -3.15. The number of para-hydroxylation sites is 1. The lowest BCUT2D eigenvalue weighted by Gasteiger charge is -2.23. The minimum Gasteiger partial charge on any atom is -0.445 e. The molecule has 2 N–H and O–H groups in total. The predicted molar refractivity (Wildman–Crippen MR) is 105 cm³/mol. The maximum absolute atomic E-state index is 12.6. The molecular weight excluding hydrogens is 342 g/mol.